The van der Waals surface area contributed by atoms with Gasteiger partial charge in [0.25, 0.3) is 0 Å². The van der Waals surface area contributed by atoms with Crippen molar-refractivity contribution >= 4 is 16.9 Å². The van der Waals surface area contributed by atoms with Crippen LogP contribution in [0.5, 0.6) is 0 Å². The molecule has 0 unspecified atom stereocenters. The Kier molecular flexibility index (Phi) is 6.59. The van der Waals surface area contributed by atoms with Crippen LogP contribution in [0.4, 0.5) is 0 Å². The number of hydrogen-bond acceptors (Lipinski definition) is 5. The van der Waals surface area contributed by atoms with E-state index in [-0.39, 0.29) is 47.1 Å². The molecule has 0 fully saturated rings. The molecular formula is C22H20N3NaO3. The number of fused-ring (bicyclic) bond motifs is 1. The molecule has 2 aromatic carbocycles. The quantitative estimate of drug-likeness (QED) is 0.464. The van der Waals surface area contributed by atoms with Crippen molar-refractivity contribution in [2.45, 2.75) is 12.5 Å². The second-order valence-electron chi connectivity index (χ2n) is 6.93. The first-order chi connectivity index (χ1) is 13.5. The number of hydrogen-bond donors (Lipinski definition) is 1. The van der Waals surface area contributed by atoms with Gasteiger partial charge < -0.3 is 19.3 Å². The minimum atomic E-state index is -1.35. The normalized spacial score (nSPS) is 12.1. The van der Waals surface area contributed by atoms with Crippen LogP contribution in [0, 0.1) is 0 Å². The molecule has 1 N–H and O–H groups in total. The molecule has 0 amide bonds. The van der Waals surface area contributed by atoms with Crippen molar-refractivity contribution < 1.29 is 43.9 Å². The van der Waals surface area contributed by atoms with E-state index in [4.69, 9.17) is 4.42 Å². The summed E-state index contributed by atoms with van der Waals surface area (Å²) in [6, 6.07) is 17.4. The fourth-order valence-corrected chi connectivity index (χ4v) is 3.39. The first kappa shape index (κ1) is 21.3. The van der Waals surface area contributed by atoms with E-state index in [1.165, 1.54) is 0 Å². The van der Waals surface area contributed by atoms with Crippen molar-refractivity contribution in [3.63, 3.8) is 0 Å². The molecule has 0 spiro atoms. The number of carboxylic acids is 1. The number of oxazole rings is 1. The van der Waals surface area contributed by atoms with Crippen LogP contribution in [-0.4, -0.2) is 34.9 Å². The average molecular weight is 397 g/mol. The maximum atomic E-state index is 11.8. The Hall–Kier alpha value is -2.38. The van der Waals surface area contributed by atoms with Crippen molar-refractivity contribution in [1.82, 2.24) is 14.9 Å². The second kappa shape index (κ2) is 8.97. The predicted molar refractivity (Wildman–Crippen MR) is 105 cm³/mol. The van der Waals surface area contributed by atoms with Crippen molar-refractivity contribution in [1.29, 1.82) is 0 Å². The van der Waals surface area contributed by atoms with Gasteiger partial charge in [-0.3, -0.25) is 4.90 Å². The van der Waals surface area contributed by atoms with Crippen molar-refractivity contribution in [2.24, 2.45) is 0 Å². The van der Waals surface area contributed by atoms with E-state index in [0.29, 0.717) is 17.9 Å². The molecule has 29 heavy (non-hydrogen) atoms. The van der Waals surface area contributed by atoms with E-state index in [1.54, 1.807) is 6.20 Å². The van der Waals surface area contributed by atoms with E-state index in [9.17, 15) is 9.90 Å². The summed E-state index contributed by atoms with van der Waals surface area (Å²) in [5.74, 6) is -0.784. The summed E-state index contributed by atoms with van der Waals surface area (Å²) in [6.07, 6.45) is 2.39. The Bertz CT molecular complexity index is 1120. The number of carboxylic acid groups (broad SMARTS) is 1. The van der Waals surface area contributed by atoms with Gasteiger partial charge in [-0.2, -0.15) is 0 Å². The van der Waals surface area contributed by atoms with Gasteiger partial charge in [-0.25, -0.2) is 4.98 Å². The molecule has 0 bridgehead atoms. The molecule has 0 saturated heterocycles. The van der Waals surface area contributed by atoms with Crippen molar-refractivity contribution in [3.8, 4) is 11.3 Å². The number of nitrogens with one attached hydrogen (secondary N) is 1. The van der Waals surface area contributed by atoms with Crippen molar-refractivity contribution in [3.05, 3.63) is 77.9 Å². The number of aromatic nitrogens is 2. The Morgan fingerprint density at radius 3 is 2.52 bits per heavy atom. The minimum Gasteiger partial charge on any atom is -0.543 e. The van der Waals surface area contributed by atoms with Crippen LogP contribution in [0.25, 0.3) is 22.2 Å². The summed E-state index contributed by atoms with van der Waals surface area (Å²) in [4.78, 5) is 21.2. The SMILES string of the molecule is CN(C)[C@@H](Cc1ccccc1)c1nc(C(=O)[O-])c(-c2c[nH]c3ccccc23)o1.[Na+]. The smallest absolute Gasteiger partial charge is 0.543 e. The number of benzene rings is 2. The monoisotopic (exact) mass is 397 g/mol. The summed E-state index contributed by atoms with van der Waals surface area (Å²) in [5, 5.41) is 12.6. The van der Waals surface area contributed by atoms with Crippen LogP contribution >= 0.6 is 0 Å². The van der Waals surface area contributed by atoms with Gasteiger partial charge in [-0.05, 0) is 32.1 Å². The summed E-state index contributed by atoms with van der Waals surface area (Å²) in [5.41, 5.74) is 2.49. The molecule has 0 aliphatic heterocycles. The molecule has 2 heterocycles. The van der Waals surface area contributed by atoms with Gasteiger partial charge in [0.05, 0.1) is 12.0 Å². The number of likely N-dealkylation sites (N-methyl/N-ethyl adjacent to an activating group) is 1. The predicted octanol–water partition coefficient (Wildman–Crippen LogP) is 0.0358. The van der Waals surface area contributed by atoms with E-state index < -0.39 is 5.97 Å². The Morgan fingerprint density at radius 1 is 1.14 bits per heavy atom. The Balaban J connectivity index is 0.00000240. The van der Waals surface area contributed by atoms with Crippen molar-refractivity contribution in [2.75, 3.05) is 14.1 Å². The van der Waals surface area contributed by atoms with Gasteiger partial charge in [-0.1, -0.05) is 48.5 Å². The molecule has 4 aromatic rings. The second-order valence-corrected chi connectivity index (χ2v) is 6.93. The third-order valence-electron chi connectivity index (χ3n) is 4.85. The summed E-state index contributed by atoms with van der Waals surface area (Å²) < 4.78 is 6.03. The van der Waals surface area contributed by atoms with Crippen LogP contribution in [0.2, 0.25) is 0 Å². The van der Waals surface area contributed by atoms with Gasteiger partial charge >= 0.3 is 29.6 Å². The number of nitrogens with zero attached hydrogens (tertiary/aromatic N) is 2. The fourth-order valence-electron chi connectivity index (χ4n) is 3.39. The molecule has 142 valence electrons. The number of aromatic amines is 1. The van der Waals surface area contributed by atoms with Gasteiger partial charge in [0, 0.05) is 22.7 Å². The number of carbonyl (C=O) groups is 1. The zero-order valence-corrected chi connectivity index (χ0v) is 18.7. The number of H-pyrrole nitrogens is 1. The number of carbonyl (C=O) groups excluding carboxylic acids is 1. The molecule has 2 aromatic heterocycles. The van der Waals surface area contributed by atoms with E-state index >= 15 is 0 Å². The third-order valence-corrected chi connectivity index (χ3v) is 4.85. The van der Waals surface area contributed by atoms with Crippen LogP contribution in [0.3, 0.4) is 0 Å². The molecule has 7 heteroatoms. The van der Waals surface area contributed by atoms with Gasteiger partial charge in [0.2, 0.25) is 5.89 Å². The largest absolute Gasteiger partial charge is 1.00 e. The summed E-state index contributed by atoms with van der Waals surface area (Å²) in [7, 11) is 3.84. The average Bonchev–Trinajstić information content (AvgIpc) is 3.31. The molecule has 4 rings (SSSR count). The molecule has 1 atom stereocenters. The van der Waals surface area contributed by atoms with Crippen LogP contribution in [-0.2, 0) is 6.42 Å². The first-order valence-electron chi connectivity index (χ1n) is 9.03. The topological polar surface area (TPSA) is 85.2 Å². The third kappa shape index (κ3) is 4.31. The zero-order chi connectivity index (χ0) is 19.7. The van der Waals surface area contributed by atoms with Crippen LogP contribution < -0.4 is 34.7 Å². The molecule has 0 aliphatic carbocycles. The maximum Gasteiger partial charge on any atom is 1.00 e. The molecule has 6 nitrogen and oxygen atoms in total. The molecule has 0 saturated carbocycles. The van der Waals surface area contributed by atoms with Gasteiger partial charge in [0.1, 0.15) is 5.69 Å². The molecule has 0 aliphatic rings. The Labute approximate surface area is 190 Å². The molecule has 0 radical (unpaired) electrons. The summed E-state index contributed by atoms with van der Waals surface area (Å²) in [6.45, 7) is 0. The molecular weight excluding hydrogens is 377 g/mol. The standard InChI is InChI=1S/C22H21N3O3.Na/c1-25(2)18(12-14-8-4-3-5-9-14)21-24-19(22(26)27)20(28-21)16-13-23-17-11-7-6-10-15(16)17;/h3-11,13,18,23H,12H2,1-2H3,(H,26,27);/q;+1/p-1/t18-;/m0./s1. The summed E-state index contributed by atoms with van der Waals surface area (Å²) >= 11 is 0. The van der Waals surface area contributed by atoms with Crippen LogP contribution in [0.15, 0.2) is 65.2 Å². The Morgan fingerprint density at radius 2 is 1.83 bits per heavy atom. The number of rotatable bonds is 6. The fraction of sp³-hybridized carbons (Fsp3) is 0.182. The number of para-hydroxylation sites is 1. The van der Waals surface area contributed by atoms with Crippen LogP contribution in [0.1, 0.15) is 28.0 Å². The van der Waals surface area contributed by atoms with E-state index in [2.05, 4.69) is 9.97 Å². The van der Waals surface area contributed by atoms with Gasteiger partial charge in [-0.15, -0.1) is 0 Å². The maximum absolute atomic E-state index is 11.8. The van der Waals surface area contributed by atoms with Gasteiger partial charge in [0.15, 0.2) is 5.76 Å². The first-order valence-corrected chi connectivity index (χ1v) is 9.03. The van der Waals surface area contributed by atoms with E-state index in [0.717, 1.165) is 16.5 Å². The minimum absolute atomic E-state index is 0. The van der Waals surface area contributed by atoms with E-state index in [1.807, 2.05) is 73.6 Å². The zero-order valence-electron chi connectivity index (χ0n) is 16.7. The number of aromatic carboxylic acids is 1.